The van der Waals surface area contributed by atoms with Crippen molar-refractivity contribution in [1.29, 1.82) is 0 Å². The lowest BCUT2D eigenvalue weighted by Gasteiger charge is -2.28. The fourth-order valence-corrected chi connectivity index (χ4v) is 3.15. The van der Waals surface area contributed by atoms with Gasteiger partial charge in [-0.2, -0.15) is 0 Å². The molecule has 1 fully saturated rings. The number of benzene rings is 1. The van der Waals surface area contributed by atoms with Crippen LogP contribution in [0.25, 0.3) is 0 Å². The molecule has 1 heterocycles. The third-order valence-corrected chi connectivity index (χ3v) is 4.43. The van der Waals surface area contributed by atoms with Crippen LogP contribution in [-0.4, -0.2) is 53.0 Å². The topological polar surface area (TPSA) is 128 Å². The summed E-state index contributed by atoms with van der Waals surface area (Å²) >= 11 is 0. The van der Waals surface area contributed by atoms with E-state index < -0.39 is 48.0 Å². The summed E-state index contributed by atoms with van der Waals surface area (Å²) in [5, 5.41) is 2.39. The second-order valence-corrected chi connectivity index (χ2v) is 8.15. The molecule has 0 radical (unpaired) electrons. The maximum Gasteiger partial charge on any atom is 0.408 e. The second-order valence-electron chi connectivity index (χ2n) is 8.15. The Morgan fingerprint density at radius 2 is 1.87 bits per heavy atom. The van der Waals surface area contributed by atoms with Gasteiger partial charge in [-0.3, -0.25) is 9.59 Å². The van der Waals surface area contributed by atoms with Crippen molar-refractivity contribution in [2.24, 2.45) is 5.73 Å². The Bertz CT molecular complexity index is 775. The van der Waals surface area contributed by atoms with Crippen LogP contribution in [0.1, 0.15) is 45.6 Å². The number of esters is 1. The molecule has 3 amide bonds. The zero-order valence-electron chi connectivity index (χ0n) is 17.6. The summed E-state index contributed by atoms with van der Waals surface area (Å²) in [5.74, 6) is -1.86. The number of rotatable bonds is 7. The zero-order chi connectivity index (χ0) is 22.3. The number of likely N-dealkylation sites (tertiary alicyclic amines) is 1. The average Bonchev–Trinajstić information content (AvgIpc) is 3.13. The molecule has 9 nitrogen and oxygen atoms in total. The van der Waals surface area contributed by atoms with Gasteiger partial charge in [0.2, 0.25) is 11.8 Å². The van der Waals surface area contributed by atoms with E-state index in [-0.39, 0.29) is 6.61 Å². The number of nitrogens with two attached hydrogens (primary N) is 1. The molecule has 0 aliphatic carbocycles. The Morgan fingerprint density at radius 3 is 2.47 bits per heavy atom. The quantitative estimate of drug-likeness (QED) is 0.645. The van der Waals surface area contributed by atoms with Crippen LogP contribution in [0.2, 0.25) is 0 Å². The molecule has 2 rings (SSSR count). The first-order valence-corrected chi connectivity index (χ1v) is 9.85. The largest absolute Gasteiger partial charge is 0.459 e. The van der Waals surface area contributed by atoms with Gasteiger partial charge >= 0.3 is 12.1 Å². The maximum atomic E-state index is 13.0. The van der Waals surface area contributed by atoms with Crippen molar-refractivity contribution in [2.45, 2.75) is 64.3 Å². The van der Waals surface area contributed by atoms with Crippen LogP contribution in [0, 0.1) is 0 Å². The number of alkyl carbamates (subject to hydrolysis) is 1. The van der Waals surface area contributed by atoms with Crippen molar-refractivity contribution >= 4 is 23.9 Å². The number of hydrogen-bond donors (Lipinski definition) is 2. The smallest absolute Gasteiger partial charge is 0.408 e. The van der Waals surface area contributed by atoms with E-state index in [0.717, 1.165) is 5.56 Å². The summed E-state index contributed by atoms with van der Waals surface area (Å²) in [4.78, 5) is 50.4. The Balaban J connectivity index is 2.04. The van der Waals surface area contributed by atoms with Crippen LogP contribution in [0.3, 0.4) is 0 Å². The van der Waals surface area contributed by atoms with Gasteiger partial charge in [-0.25, -0.2) is 9.59 Å². The third kappa shape index (κ3) is 7.06. The number of carbonyl (C=O) groups is 4. The Kier molecular flexibility index (Phi) is 7.79. The Labute approximate surface area is 175 Å². The van der Waals surface area contributed by atoms with E-state index in [1.54, 1.807) is 20.8 Å². The standard InChI is InChI=1S/C21H29N3O6/c1-21(2,3)30-20(28)23-15(12-17(22)25)18(26)24-11-7-10-16(24)19(27)29-13-14-8-5-4-6-9-14/h4-6,8-9,15-16H,7,10-13H2,1-3H3,(H2,22,25)(H,23,28). The number of ether oxygens (including phenoxy) is 2. The van der Waals surface area contributed by atoms with Gasteiger partial charge in [-0.05, 0) is 39.2 Å². The highest BCUT2D eigenvalue weighted by Crippen LogP contribution is 2.21. The molecule has 0 spiro atoms. The highest BCUT2D eigenvalue weighted by atomic mass is 16.6. The van der Waals surface area contributed by atoms with E-state index >= 15 is 0 Å². The molecule has 30 heavy (non-hydrogen) atoms. The molecule has 1 aliphatic heterocycles. The fraction of sp³-hybridized carbons (Fsp3) is 0.524. The Morgan fingerprint density at radius 1 is 1.20 bits per heavy atom. The fourth-order valence-electron chi connectivity index (χ4n) is 3.15. The number of primary amides is 1. The SMILES string of the molecule is CC(C)(C)OC(=O)NC(CC(N)=O)C(=O)N1CCCC1C(=O)OCc1ccccc1. The lowest BCUT2D eigenvalue weighted by molar-refractivity contribution is -0.155. The molecule has 1 saturated heterocycles. The normalized spacial score (nSPS) is 17.2. The van der Waals surface area contributed by atoms with Gasteiger partial charge < -0.3 is 25.4 Å². The van der Waals surface area contributed by atoms with Gasteiger partial charge in [0.25, 0.3) is 0 Å². The van der Waals surface area contributed by atoms with Crippen LogP contribution in [0.4, 0.5) is 4.79 Å². The van der Waals surface area contributed by atoms with Gasteiger partial charge in [-0.1, -0.05) is 30.3 Å². The molecule has 2 unspecified atom stereocenters. The lowest BCUT2D eigenvalue weighted by atomic mass is 10.1. The van der Waals surface area contributed by atoms with Crippen LogP contribution in [0.5, 0.6) is 0 Å². The van der Waals surface area contributed by atoms with E-state index in [1.807, 2.05) is 30.3 Å². The zero-order valence-corrected chi connectivity index (χ0v) is 17.6. The monoisotopic (exact) mass is 419 g/mol. The van der Waals surface area contributed by atoms with Gasteiger partial charge in [0, 0.05) is 6.54 Å². The number of hydrogen-bond acceptors (Lipinski definition) is 6. The number of nitrogens with one attached hydrogen (secondary N) is 1. The predicted octanol–water partition coefficient (Wildman–Crippen LogP) is 1.49. The average molecular weight is 419 g/mol. The molecule has 1 aliphatic rings. The molecular weight excluding hydrogens is 390 g/mol. The molecule has 1 aromatic carbocycles. The van der Waals surface area contributed by atoms with Crippen LogP contribution in [0.15, 0.2) is 30.3 Å². The summed E-state index contributed by atoms with van der Waals surface area (Å²) in [5.41, 5.74) is 5.30. The van der Waals surface area contributed by atoms with Crippen molar-refractivity contribution in [3.05, 3.63) is 35.9 Å². The van der Waals surface area contributed by atoms with E-state index in [2.05, 4.69) is 5.32 Å². The molecule has 0 saturated carbocycles. The van der Waals surface area contributed by atoms with E-state index in [0.29, 0.717) is 19.4 Å². The molecule has 9 heteroatoms. The Hall–Kier alpha value is -3.10. The minimum absolute atomic E-state index is 0.0963. The molecule has 0 aromatic heterocycles. The van der Waals surface area contributed by atoms with Crippen molar-refractivity contribution < 1.29 is 28.7 Å². The third-order valence-electron chi connectivity index (χ3n) is 4.43. The van der Waals surface area contributed by atoms with E-state index in [9.17, 15) is 19.2 Å². The number of carbonyl (C=O) groups excluding carboxylic acids is 4. The van der Waals surface area contributed by atoms with Gasteiger partial charge in [0.1, 0.15) is 24.3 Å². The van der Waals surface area contributed by atoms with Crippen molar-refractivity contribution in [2.75, 3.05) is 6.54 Å². The summed E-state index contributed by atoms with van der Waals surface area (Å²) in [7, 11) is 0. The molecule has 0 bridgehead atoms. The van der Waals surface area contributed by atoms with Crippen molar-refractivity contribution in [3.63, 3.8) is 0 Å². The summed E-state index contributed by atoms with van der Waals surface area (Å²) in [6.07, 6.45) is -0.202. The highest BCUT2D eigenvalue weighted by Gasteiger charge is 2.39. The second kappa shape index (κ2) is 10.1. The summed E-state index contributed by atoms with van der Waals surface area (Å²) in [6, 6.07) is 7.20. The van der Waals surface area contributed by atoms with Crippen molar-refractivity contribution in [1.82, 2.24) is 10.2 Å². The molecular formula is C21H29N3O6. The maximum absolute atomic E-state index is 13.0. The first-order valence-electron chi connectivity index (χ1n) is 9.85. The number of nitrogens with zero attached hydrogens (tertiary/aromatic N) is 1. The van der Waals surface area contributed by atoms with Crippen LogP contribution < -0.4 is 11.1 Å². The molecule has 2 atom stereocenters. The summed E-state index contributed by atoms with van der Waals surface area (Å²) in [6.45, 7) is 5.44. The van der Waals surface area contributed by atoms with Gasteiger partial charge in [0.15, 0.2) is 0 Å². The number of amides is 3. The van der Waals surface area contributed by atoms with Crippen LogP contribution in [-0.2, 0) is 30.5 Å². The minimum atomic E-state index is -1.22. The predicted molar refractivity (Wildman–Crippen MR) is 108 cm³/mol. The molecule has 1 aromatic rings. The highest BCUT2D eigenvalue weighted by molar-refractivity contribution is 5.93. The minimum Gasteiger partial charge on any atom is -0.459 e. The van der Waals surface area contributed by atoms with Gasteiger partial charge in [0.05, 0.1) is 6.42 Å². The van der Waals surface area contributed by atoms with Gasteiger partial charge in [-0.15, -0.1) is 0 Å². The van der Waals surface area contributed by atoms with Crippen molar-refractivity contribution in [3.8, 4) is 0 Å². The first kappa shape index (κ1) is 23.2. The summed E-state index contributed by atoms with van der Waals surface area (Å²) < 4.78 is 10.5. The lowest BCUT2D eigenvalue weighted by Crippen LogP contribution is -2.53. The first-order chi connectivity index (χ1) is 14.1. The van der Waals surface area contributed by atoms with Crippen LogP contribution >= 0.6 is 0 Å². The molecule has 164 valence electrons. The van der Waals surface area contributed by atoms with E-state index in [4.69, 9.17) is 15.2 Å². The van der Waals surface area contributed by atoms with E-state index in [1.165, 1.54) is 4.90 Å². The molecule has 3 N–H and O–H groups in total.